The first kappa shape index (κ1) is 11.2. The second kappa shape index (κ2) is 4.40. The highest BCUT2D eigenvalue weighted by Gasteiger charge is 2.16. The zero-order valence-electron chi connectivity index (χ0n) is 9.87. The van der Waals surface area contributed by atoms with E-state index in [-0.39, 0.29) is 5.39 Å². The Morgan fingerprint density at radius 2 is 2.11 bits per heavy atom. The summed E-state index contributed by atoms with van der Waals surface area (Å²) in [5.74, 6) is -0.0985. The van der Waals surface area contributed by atoms with E-state index in [1.807, 2.05) is 0 Å². The highest BCUT2D eigenvalue weighted by molar-refractivity contribution is 5.79. The van der Waals surface area contributed by atoms with Crippen molar-refractivity contribution in [2.24, 2.45) is 0 Å². The Kier molecular flexibility index (Phi) is 2.74. The average Bonchev–Trinajstić information content (AvgIpc) is 2.81. The number of hydrogen-bond donors (Lipinski definition) is 2. The van der Waals surface area contributed by atoms with Crippen LogP contribution in [0.5, 0.6) is 0 Å². The maximum absolute atomic E-state index is 13.5. The van der Waals surface area contributed by atoms with E-state index in [4.69, 9.17) is 0 Å². The highest BCUT2D eigenvalue weighted by atomic mass is 19.1. The number of fused-ring (bicyclic) bond motifs is 1. The number of halogens is 1. The molecule has 2 aromatic rings. The Balaban J connectivity index is 2.02. The Morgan fingerprint density at radius 1 is 1.33 bits per heavy atom. The SMILES string of the molecule is O=c1[nH]c(NC2CCCC2)nc2cccc(F)c12. The van der Waals surface area contributed by atoms with Crippen LogP contribution in [0.15, 0.2) is 23.0 Å². The minimum absolute atomic E-state index is 0.0227. The third-order valence-corrected chi connectivity index (χ3v) is 3.38. The number of hydrogen-bond acceptors (Lipinski definition) is 3. The Morgan fingerprint density at radius 3 is 2.89 bits per heavy atom. The van der Waals surface area contributed by atoms with Crippen molar-refractivity contribution < 1.29 is 4.39 Å². The van der Waals surface area contributed by atoms with Crippen LogP contribution in [-0.4, -0.2) is 16.0 Å². The smallest absolute Gasteiger partial charge is 0.263 e. The molecule has 2 N–H and O–H groups in total. The summed E-state index contributed by atoms with van der Waals surface area (Å²) in [5.41, 5.74) is -0.0437. The van der Waals surface area contributed by atoms with E-state index in [0.29, 0.717) is 17.5 Å². The molecule has 0 saturated heterocycles. The Bertz CT molecular complexity index is 632. The zero-order valence-corrected chi connectivity index (χ0v) is 9.87. The van der Waals surface area contributed by atoms with Gasteiger partial charge >= 0.3 is 0 Å². The fourth-order valence-electron chi connectivity index (χ4n) is 2.48. The summed E-state index contributed by atoms with van der Waals surface area (Å²) < 4.78 is 13.5. The van der Waals surface area contributed by atoms with Gasteiger partial charge in [-0.05, 0) is 25.0 Å². The van der Waals surface area contributed by atoms with Crippen molar-refractivity contribution in [3.8, 4) is 0 Å². The number of H-pyrrole nitrogens is 1. The topological polar surface area (TPSA) is 57.8 Å². The van der Waals surface area contributed by atoms with Gasteiger partial charge < -0.3 is 5.32 Å². The van der Waals surface area contributed by atoms with Crippen molar-refractivity contribution in [2.45, 2.75) is 31.7 Å². The molecule has 1 aromatic heterocycles. The van der Waals surface area contributed by atoms with Gasteiger partial charge in [0.2, 0.25) is 5.95 Å². The lowest BCUT2D eigenvalue weighted by Crippen LogP contribution is -2.20. The molecule has 0 atom stereocenters. The van der Waals surface area contributed by atoms with Gasteiger partial charge in [-0.1, -0.05) is 18.9 Å². The minimum Gasteiger partial charge on any atom is -0.353 e. The van der Waals surface area contributed by atoms with Crippen LogP contribution in [0.4, 0.5) is 10.3 Å². The molecule has 0 bridgehead atoms. The monoisotopic (exact) mass is 247 g/mol. The van der Waals surface area contributed by atoms with Crippen LogP contribution >= 0.6 is 0 Å². The fourth-order valence-corrected chi connectivity index (χ4v) is 2.48. The number of aromatic amines is 1. The van der Waals surface area contributed by atoms with Crippen molar-refractivity contribution in [1.29, 1.82) is 0 Å². The third-order valence-electron chi connectivity index (χ3n) is 3.38. The number of nitrogens with zero attached hydrogens (tertiary/aromatic N) is 1. The molecule has 94 valence electrons. The molecule has 0 unspecified atom stereocenters. The molecule has 1 aromatic carbocycles. The van der Waals surface area contributed by atoms with Crippen molar-refractivity contribution in [2.75, 3.05) is 5.32 Å². The first-order chi connectivity index (χ1) is 8.74. The van der Waals surface area contributed by atoms with E-state index in [2.05, 4.69) is 15.3 Å². The van der Waals surface area contributed by atoms with Crippen molar-refractivity contribution >= 4 is 16.9 Å². The number of nitrogens with one attached hydrogen (secondary N) is 2. The van der Waals surface area contributed by atoms with Gasteiger partial charge in [0.15, 0.2) is 0 Å². The largest absolute Gasteiger partial charge is 0.353 e. The van der Waals surface area contributed by atoms with E-state index in [1.165, 1.54) is 18.9 Å². The molecule has 0 amide bonds. The van der Waals surface area contributed by atoms with Gasteiger partial charge in [-0.2, -0.15) is 0 Å². The van der Waals surface area contributed by atoms with Gasteiger partial charge in [0.1, 0.15) is 11.2 Å². The number of anilines is 1. The summed E-state index contributed by atoms with van der Waals surface area (Å²) in [6.45, 7) is 0. The second-order valence-electron chi connectivity index (χ2n) is 4.67. The molecule has 1 aliphatic rings. The third kappa shape index (κ3) is 1.96. The van der Waals surface area contributed by atoms with Gasteiger partial charge in [-0.3, -0.25) is 9.78 Å². The predicted octanol–water partition coefficient (Wildman–Crippen LogP) is 2.42. The van der Waals surface area contributed by atoms with Crippen LogP contribution < -0.4 is 10.9 Å². The van der Waals surface area contributed by atoms with Gasteiger partial charge in [0.25, 0.3) is 5.56 Å². The lowest BCUT2D eigenvalue weighted by atomic mass is 10.2. The summed E-state index contributed by atoms with van der Waals surface area (Å²) in [5, 5.41) is 3.23. The maximum Gasteiger partial charge on any atom is 0.263 e. The standard InChI is InChI=1S/C13H14FN3O/c14-9-6-3-7-10-11(9)12(18)17-13(16-10)15-8-4-1-2-5-8/h3,6-8H,1-2,4-5H2,(H2,15,16,17,18). The van der Waals surface area contributed by atoms with Crippen LogP contribution in [0.25, 0.3) is 10.9 Å². The Hall–Kier alpha value is -1.91. The summed E-state index contributed by atoms with van der Waals surface area (Å²) in [7, 11) is 0. The first-order valence-corrected chi connectivity index (χ1v) is 6.19. The molecule has 4 nitrogen and oxygen atoms in total. The summed E-state index contributed by atoms with van der Waals surface area (Å²) in [6, 6.07) is 4.83. The van der Waals surface area contributed by atoms with Crippen molar-refractivity contribution in [3.05, 3.63) is 34.4 Å². The number of aromatic nitrogens is 2. The van der Waals surface area contributed by atoms with E-state index in [9.17, 15) is 9.18 Å². The normalized spacial score (nSPS) is 16.3. The zero-order chi connectivity index (χ0) is 12.5. The molecule has 1 aliphatic carbocycles. The molecule has 0 spiro atoms. The quantitative estimate of drug-likeness (QED) is 0.856. The van der Waals surface area contributed by atoms with Gasteiger partial charge in [0.05, 0.1) is 5.52 Å². The number of rotatable bonds is 2. The average molecular weight is 247 g/mol. The molecular weight excluding hydrogens is 233 g/mol. The van der Waals surface area contributed by atoms with Crippen LogP contribution in [0.3, 0.4) is 0 Å². The molecule has 0 radical (unpaired) electrons. The van der Waals surface area contributed by atoms with E-state index in [0.717, 1.165) is 12.8 Å². The Labute approximate surface area is 103 Å². The van der Waals surface area contributed by atoms with E-state index in [1.54, 1.807) is 12.1 Å². The van der Waals surface area contributed by atoms with Crippen LogP contribution in [-0.2, 0) is 0 Å². The molecule has 18 heavy (non-hydrogen) atoms. The lowest BCUT2D eigenvalue weighted by molar-refractivity contribution is 0.638. The van der Waals surface area contributed by atoms with Crippen LogP contribution in [0, 0.1) is 5.82 Å². The lowest BCUT2D eigenvalue weighted by Gasteiger charge is -2.12. The molecule has 1 fully saturated rings. The second-order valence-corrected chi connectivity index (χ2v) is 4.67. The fraction of sp³-hybridized carbons (Fsp3) is 0.385. The van der Waals surface area contributed by atoms with Gasteiger partial charge in [-0.25, -0.2) is 9.37 Å². The maximum atomic E-state index is 13.5. The molecular formula is C13H14FN3O. The van der Waals surface area contributed by atoms with E-state index < -0.39 is 11.4 Å². The molecule has 5 heteroatoms. The van der Waals surface area contributed by atoms with Gasteiger partial charge in [0, 0.05) is 6.04 Å². The molecule has 0 aliphatic heterocycles. The molecule has 3 rings (SSSR count). The van der Waals surface area contributed by atoms with E-state index >= 15 is 0 Å². The number of benzene rings is 1. The minimum atomic E-state index is -0.534. The molecule has 1 saturated carbocycles. The van der Waals surface area contributed by atoms with Crippen LogP contribution in [0.1, 0.15) is 25.7 Å². The highest BCUT2D eigenvalue weighted by Crippen LogP contribution is 2.21. The van der Waals surface area contributed by atoms with Gasteiger partial charge in [-0.15, -0.1) is 0 Å². The molecule has 1 heterocycles. The first-order valence-electron chi connectivity index (χ1n) is 6.19. The van der Waals surface area contributed by atoms with Crippen LogP contribution in [0.2, 0.25) is 0 Å². The summed E-state index contributed by atoms with van der Waals surface area (Å²) in [6.07, 6.45) is 4.57. The van der Waals surface area contributed by atoms with Crippen molar-refractivity contribution in [3.63, 3.8) is 0 Å². The summed E-state index contributed by atoms with van der Waals surface area (Å²) >= 11 is 0. The van der Waals surface area contributed by atoms with Crippen molar-refractivity contribution in [1.82, 2.24) is 9.97 Å². The summed E-state index contributed by atoms with van der Waals surface area (Å²) in [4.78, 5) is 18.7. The predicted molar refractivity (Wildman–Crippen MR) is 68.2 cm³/mol.